The lowest BCUT2D eigenvalue weighted by atomic mass is 9.95. The van der Waals surface area contributed by atoms with E-state index in [4.69, 9.17) is 5.73 Å². The fraction of sp³-hybridized carbons (Fsp3) is 0.533. The second-order valence-electron chi connectivity index (χ2n) is 5.49. The van der Waals surface area contributed by atoms with Crippen LogP contribution in [0.15, 0.2) is 24.3 Å². The molecule has 4 heteroatoms. The zero-order valence-corrected chi connectivity index (χ0v) is 11.8. The van der Waals surface area contributed by atoms with Crippen molar-refractivity contribution in [1.29, 1.82) is 0 Å². The number of carbonyl (C=O) groups is 1. The van der Waals surface area contributed by atoms with Crippen molar-refractivity contribution >= 4 is 5.91 Å². The van der Waals surface area contributed by atoms with Gasteiger partial charge in [0.2, 0.25) is 5.91 Å². The maximum atomic E-state index is 11.5. The topological polar surface area (TPSA) is 58.4 Å². The lowest BCUT2D eigenvalue weighted by molar-refractivity contribution is -0.124. The third kappa shape index (κ3) is 3.14. The molecule has 3 N–H and O–H groups in total. The predicted octanol–water partition coefficient (Wildman–Crippen LogP) is 0.898. The Kier molecular flexibility index (Phi) is 4.22. The van der Waals surface area contributed by atoms with Crippen LogP contribution in [0.25, 0.3) is 0 Å². The standard InChI is InChI=1S/C15H23N3O/c1-15(17-2,14(16)19)8-10-18-9-7-12-5-3-4-6-13(12)11-18/h3-6,17H,7-11H2,1-2H3,(H2,16,19). The number of hydrogen-bond acceptors (Lipinski definition) is 3. The maximum absolute atomic E-state index is 11.5. The van der Waals surface area contributed by atoms with Crippen molar-refractivity contribution in [2.45, 2.75) is 31.8 Å². The summed E-state index contributed by atoms with van der Waals surface area (Å²) in [5.41, 5.74) is 7.69. The number of nitrogens with zero attached hydrogens (tertiary/aromatic N) is 1. The summed E-state index contributed by atoms with van der Waals surface area (Å²) in [6.45, 7) is 4.77. The van der Waals surface area contributed by atoms with Gasteiger partial charge in [-0.25, -0.2) is 0 Å². The van der Waals surface area contributed by atoms with Gasteiger partial charge in [-0.2, -0.15) is 0 Å². The number of fused-ring (bicyclic) bond motifs is 1. The summed E-state index contributed by atoms with van der Waals surface area (Å²) in [4.78, 5) is 13.9. The lowest BCUT2D eigenvalue weighted by Gasteiger charge is -2.32. The number of nitrogens with one attached hydrogen (secondary N) is 1. The van der Waals surface area contributed by atoms with Crippen molar-refractivity contribution in [3.63, 3.8) is 0 Å². The van der Waals surface area contributed by atoms with Gasteiger partial charge in [-0.1, -0.05) is 24.3 Å². The molecule has 1 aliphatic rings. The van der Waals surface area contributed by atoms with Gasteiger partial charge in [-0.05, 0) is 37.9 Å². The number of likely N-dealkylation sites (N-methyl/N-ethyl adjacent to an activating group) is 1. The first-order valence-electron chi connectivity index (χ1n) is 6.83. The van der Waals surface area contributed by atoms with Crippen LogP contribution in [-0.2, 0) is 17.8 Å². The Morgan fingerprint density at radius 1 is 1.42 bits per heavy atom. The average molecular weight is 261 g/mol. The van der Waals surface area contributed by atoms with Crippen LogP contribution in [-0.4, -0.2) is 36.5 Å². The number of benzene rings is 1. The van der Waals surface area contributed by atoms with Gasteiger partial charge in [0.25, 0.3) is 0 Å². The van der Waals surface area contributed by atoms with E-state index in [1.165, 1.54) is 11.1 Å². The molecule has 0 aliphatic carbocycles. The highest BCUT2D eigenvalue weighted by Crippen LogP contribution is 2.19. The van der Waals surface area contributed by atoms with E-state index in [2.05, 4.69) is 34.5 Å². The van der Waals surface area contributed by atoms with E-state index in [0.29, 0.717) is 0 Å². The number of rotatable bonds is 5. The molecule has 104 valence electrons. The molecule has 19 heavy (non-hydrogen) atoms. The van der Waals surface area contributed by atoms with Crippen LogP contribution < -0.4 is 11.1 Å². The second-order valence-corrected chi connectivity index (χ2v) is 5.49. The number of nitrogens with two attached hydrogens (primary N) is 1. The summed E-state index contributed by atoms with van der Waals surface area (Å²) < 4.78 is 0. The smallest absolute Gasteiger partial charge is 0.237 e. The molecule has 1 atom stereocenters. The Morgan fingerprint density at radius 2 is 2.11 bits per heavy atom. The van der Waals surface area contributed by atoms with E-state index in [0.717, 1.165) is 32.5 Å². The highest BCUT2D eigenvalue weighted by atomic mass is 16.1. The molecule has 1 amide bonds. The molecule has 0 saturated carbocycles. The van der Waals surface area contributed by atoms with Crippen LogP contribution in [0.1, 0.15) is 24.5 Å². The van der Waals surface area contributed by atoms with Crippen molar-refractivity contribution in [3.8, 4) is 0 Å². The molecule has 0 bridgehead atoms. The first kappa shape index (κ1) is 14.0. The van der Waals surface area contributed by atoms with Gasteiger partial charge in [0.05, 0.1) is 5.54 Å². The van der Waals surface area contributed by atoms with E-state index < -0.39 is 5.54 Å². The van der Waals surface area contributed by atoms with E-state index >= 15 is 0 Å². The highest BCUT2D eigenvalue weighted by Gasteiger charge is 2.29. The largest absolute Gasteiger partial charge is 0.368 e. The Hall–Kier alpha value is -1.39. The van der Waals surface area contributed by atoms with Crippen molar-refractivity contribution in [3.05, 3.63) is 35.4 Å². The minimum absolute atomic E-state index is 0.285. The van der Waals surface area contributed by atoms with Gasteiger partial charge in [0.15, 0.2) is 0 Å². The maximum Gasteiger partial charge on any atom is 0.237 e. The van der Waals surface area contributed by atoms with E-state index in [-0.39, 0.29) is 5.91 Å². The SMILES string of the molecule is CNC(C)(CCN1CCc2ccccc2C1)C(N)=O. The summed E-state index contributed by atoms with van der Waals surface area (Å²) in [7, 11) is 1.79. The summed E-state index contributed by atoms with van der Waals surface area (Å²) in [5.74, 6) is -0.285. The van der Waals surface area contributed by atoms with Crippen molar-refractivity contribution in [2.75, 3.05) is 20.1 Å². The van der Waals surface area contributed by atoms with Gasteiger partial charge >= 0.3 is 0 Å². The number of carbonyl (C=O) groups excluding carboxylic acids is 1. The molecule has 0 fully saturated rings. The molecule has 4 nitrogen and oxygen atoms in total. The van der Waals surface area contributed by atoms with Crippen LogP contribution in [0.3, 0.4) is 0 Å². The van der Waals surface area contributed by atoms with Gasteiger partial charge in [-0.15, -0.1) is 0 Å². The number of hydrogen-bond donors (Lipinski definition) is 2. The lowest BCUT2D eigenvalue weighted by Crippen LogP contribution is -2.53. The fourth-order valence-corrected chi connectivity index (χ4v) is 2.50. The Labute approximate surface area is 115 Å². The summed E-state index contributed by atoms with van der Waals surface area (Å²) >= 11 is 0. The molecule has 2 rings (SSSR count). The van der Waals surface area contributed by atoms with E-state index in [1.54, 1.807) is 7.05 Å². The zero-order valence-electron chi connectivity index (χ0n) is 11.8. The van der Waals surface area contributed by atoms with Crippen LogP contribution in [0.4, 0.5) is 0 Å². The van der Waals surface area contributed by atoms with E-state index in [1.807, 2.05) is 6.92 Å². The second kappa shape index (κ2) is 5.72. The van der Waals surface area contributed by atoms with E-state index in [9.17, 15) is 4.79 Å². The summed E-state index contributed by atoms with van der Waals surface area (Å²) in [6, 6.07) is 8.57. The van der Waals surface area contributed by atoms with Crippen molar-refractivity contribution in [1.82, 2.24) is 10.2 Å². The van der Waals surface area contributed by atoms with Crippen LogP contribution in [0, 0.1) is 0 Å². The third-order valence-electron chi connectivity index (χ3n) is 4.23. The number of primary amides is 1. The fourth-order valence-electron chi connectivity index (χ4n) is 2.50. The van der Waals surface area contributed by atoms with Crippen LogP contribution >= 0.6 is 0 Å². The zero-order chi connectivity index (χ0) is 13.9. The Balaban J connectivity index is 1.94. The molecule has 0 spiro atoms. The van der Waals surface area contributed by atoms with Gasteiger partial charge in [0.1, 0.15) is 0 Å². The van der Waals surface area contributed by atoms with Crippen LogP contribution in [0.5, 0.6) is 0 Å². The molecule has 0 saturated heterocycles. The highest BCUT2D eigenvalue weighted by molar-refractivity contribution is 5.84. The van der Waals surface area contributed by atoms with Gasteiger partial charge in [0, 0.05) is 19.6 Å². The molecular formula is C15H23N3O. The summed E-state index contributed by atoms with van der Waals surface area (Å²) in [5, 5.41) is 3.04. The molecule has 0 aromatic heterocycles. The third-order valence-corrected chi connectivity index (χ3v) is 4.23. The molecular weight excluding hydrogens is 238 g/mol. The monoisotopic (exact) mass is 261 g/mol. The molecule has 1 heterocycles. The molecule has 1 aromatic rings. The quantitative estimate of drug-likeness (QED) is 0.828. The molecule has 1 aliphatic heterocycles. The predicted molar refractivity (Wildman–Crippen MR) is 76.7 cm³/mol. The van der Waals surface area contributed by atoms with Crippen LogP contribution in [0.2, 0.25) is 0 Å². The first-order chi connectivity index (χ1) is 9.05. The van der Waals surface area contributed by atoms with Gasteiger partial charge in [-0.3, -0.25) is 9.69 Å². The van der Waals surface area contributed by atoms with Crippen molar-refractivity contribution < 1.29 is 4.79 Å². The average Bonchev–Trinajstić information content (AvgIpc) is 2.44. The van der Waals surface area contributed by atoms with Gasteiger partial charge < -0.3 is 11.1 Å². The number of amides is 1. The molecule has 0 radical (unpaired) electrons. The Bertz CT molecular complexity index is 460. The molecule has 1 unspecified atom stereocenters. The molecule has 1 aromatic carbocycles. The normalized spacial score (nSPS) is 18.6. The summed E-state index contributed by atoms with van der Waals surface area (Å²) in [6.07, 6.45) is 1.82. The van der Waals surface area contributed by atoms with Crippen molar-refractivity contribution in [2.24, 2.45) is 5.73 Å². The minimum Gasteiger partial charge on any atom is -0.368 e. The first-order valence-corrected chi connectivity index (χ1v) is 6.83. The minimum atomic E-state index is -0.614. The Morgan fingerprint density at radius 3 is 2.74 bits per heavy atom.